The third kappa shape index (κ3) is 4.82. The molecule has 0 spiro atoms. The number of carbonyl (C=O) groups excluding carboxylic acids is 1. The molecule has 1 aliphatic heterocycles. The molecular formula is C23H16N2O4S2. The lowest BCUT2D eigenvalue weighted by Crippen LogP contribution is -2.27. The number of thiocarbonyl (C=S) groups is 1. The Balaban J connectivity index is 1.50. The molecule has 0 bridgehead atoms. The van der Waals surface area contributed by atoms with Gasteiger partial charge in [0.05, 0.1) is 15.5 Å². The molecule has 6 nitrogen and oxygen atoms in total. The first kappa shape index (κ1) is 20.8. The van der Waals surface area contributed by atoms with Gasteiger partial charge in [-0.1, -0.05) is 66.4 Å². The molecule has 1 amide bonds. The van der Waals surface area contributed by atoms with Crippen molar-refractivity contribution in [2.24, 2.45) is 0 Å². The molecule has 0 radical (unpaired) electrons. The Bertz CT molecular complexity index is 1180. The van der Waals surface area contributed by atoms with Crippen LogP contribution < -0.4 is 9.64 Å². The number of hydrogen-bond donors (Lipinski definition) is 0. The first-order valence-electron chi connectivity index (χ1n) is 9.30. The predicted molar refractivity (Wildman–Crippen MR) is 126 cm³/mol. The number of nitro groups is 1. The van der Waals surface area contributed by atoms with Crippen molar-refractivity contribution < 1.29 is 14.5 Å². The zero-order valence-electron chi connectivity index (χ0n) is 16.1. The molecule has 1 saturated heterocycles. The zero-order valence-corrected chi connectivity index (χ0v) is 17.8. The fraction of sp³-hybridized carbons (Fsp3) is 0.0435. The molecule has 0 atom stereocenters. The van der Waals surface area contributed by atoms with Crippen LogP contribution in [0.25, 0.3) is 6.08 Å². The first-order valence-corrected chi connectivity index (χ1v) is 10.5. The number of non-ortho nitro benzene ring substituents is 1. The molecule has 154 valence electrons. The minimum absolute atomic E-state index is 0.0444. The Morgan fingerprint density at radius 1 is 1.03 bits per heavy atom. The van der Waals surface area contributed by atoms with Crippen LogP contribution in [0.5, 0.6) is 5.75 Å². The van der Waals surface area contributed by atoms with E-state index in [9.17, 15) is 14.9 Å². The SMILES string of the molecule is O=C1C(=Cc2cccc(OCc3ccccc3)c2)SC(=S)N1c1ccc([N+](=O)[O-])cc1. The number of anilines is 1. The summed E-state index contributed by atoms with van der Waals surface area (Å²) in [4.78, 5) is 25.1. The van der Waals surface area contributed by atoms with Crippen molar-refractivity contribution in [2.45, 2.75) is 6.61 Å². The van der Waals surface area contributed by atoms with Crippen molar-refractivity contribution in [3.8, 4) is 5.75 Å². The average Bonchev–Trinajstić information content (AvgIpc) is 3.06. The molecule has 0 saturated carbocycles. The first-order chi connectivity index (χ1) is 15.0. The molecule has 0 aromatic heterocycles. The van der Waals surface area contributed by atoms with Crippen molar-refractivity contribution in [1.29, 1.82) is 0 Å². The Morgan fingerprint density at radius 2 is 1.77 bits per heavy atom. The van der Waals surface area contributed by atoms with Crippen molar-refractivity contribution in [3.63, 3.8) is 0 Å². The van der Waals surface area contributed by atoms with E-state index in [4.69, 9.17) is 17.0 Å². The van der Waals surface area contributed by atoms with Gasteiger partial charge in [-0.2, -0.15) is 0 Å². The van der Waals surface area contributed by atoms with Crippen molar-refractivity contribution in [1.82, 2.24) is 0 Å². The van der Waals surface area contributed by atoms with Gasteiger partial charge in [-0.15, -0.1) is 0 Å². The van der Waals surface area contributed by atoms with Gasteiger partial charge in [0, 0.05) is 12.1 Å². The summed E-state index contributed by atoms with van der Waals surface area (Å²) in [6, 6.07) is 23.1. The molecule has 0 unspecified atom stereocenters. The zero-order chi connectivity index (χ0) is 21.8. The number of rotatable bonds is 6. The van der Waals surface area contributed by atoms with Crippen LogP contribution in [0.3, 0.4) is 0 Å². The van der Waals surface area contributed by atoms with Gasteiger partial charge < -0.3 is 4.74 Å². The Kier molecular flexibility index (Phi) is 6.11. The third-order valence-electron chi connectivity index (χ3n) is 4.52. The summed E-state index contributed by atoms with van der Waals surface area (Å²) in [7, 11) is 0. The maximum Gasteiger partial charge on any atom is 0.270 e. The highest BCUT2D eigenvalue weighted by Crippen LogP contribution is 2.36. The van der Waals surface area contributed by atoms with Crippen LogP contribution in [-0.4, -0.2) is 15.2 Å². The fourth-order valence-corrected chi connectivity index (χ4v) is 4.30. The number of hydrogen-bond acceptors (Lipinski definition) is 6. The number of nitrogens with zero attached hydrogens (tertiary/aromatic N) is 2. The predicted octanol–water partition coefficient (Wildman–Crippen LogP) is 5.58. The number of nitro benzene ring substituents is 1. The molecule has 4 rings (SSSR count). The molecule has 1 heterocycles. The molecule has 1 fully saturated rings. The van der Waals surface area contributed by atoms with E-state index in [1.807, 2.05) is 54.6 Å². The van der Waals surface area contributed by atoms with E-state index in [2.05, 4.69) is 0 Å². The van der Waals surface area contributed by atoms with Crippen LogP contribution >= 0.6 is 24.0 Å². The summed E-state index contributed by atoms with van der Waals surface area (Å²) in [6.45, 7) is 0.451. The van der Waals surface area contributed by atoms with Crippen LogP contribution in [-0.2, 0) is 11.4 Å². The Hall–Kier alpha value is -3.49. The third-order valence-corrected chi connectivity index (χ3v) is 5.82. The van der Waals surface area contributed by atoms with Gasteiger partial charge >= 0.3 is 0 Å². The van der Waals surface area contributed by atoms with E-state index in [0.29, 0.717) is 27.3 Å². The summed E-state index contributed by atoms with van der Waals surface area (Å²) in [6.07, 6.45) is 1.76. The average molecular weight is 449 g/mol. The molecule has 31 heavy (non-hydrogen) atoms. The fourth-order valence-electron chi connectivity index (χ4n) is 3.00. The molecular weight excluding hydrogens is 432 g/mol. The monoisotopic (exact) mass is 448 g/mol. The van der Waals surface area contributed by atoms with Crippen molar-refractivity contribution in [2.75, 3.05) is 4.90 Å². The molecule has 8 heteroatoms. The van der Waals surface area contributed by atoms with Gasteiger partial charge in [0.15, 0.2) is 4.32 Å². The van der Waals surface area contributed by atoms with E-state index in [1.54, 1.807) is 6.08 Å². The normalized spacial score (nSPS) is 14.8. The van der Waals surface area contributed by atoms with E-state index in [-0.39, 0.29) is 11.6 Å². The quantitative estimate of drug-likeness (QED) is 0.212. The molecule has 1 aliphatic rings. The number of benzene rings is 3. The highest BCUT2D eigenvalue weighted by molar-refractivity contribution is 8.27. The lowest BCUT2D eigenvalue weighted by Gasteiger charge is -2.13. The van der Waals surface area contributed by atoms with Gasteiger partial charge in [0.2, 0.25) is 0 Å². The van der Waals surface area contributed by atoms with Crippen LogP contribution in [0.4, 0.5) is 11.4 Å². The molecule has 3 aromatic carbocycles. The standard InChI is InChI=1S/C23H16N2O4S2/c26-22-21(31-23(30)24(22)18-9-11-19(12-10-18)25(27)28)14-17-7-4-8-20(13-17)29-15-16-5-2-1-3-6-16/h1-14H,15H2. The second-order valence-corrected chi connectivity index (χ2v) is 8.31. The lowest BCUT2D eigenvalue weighted by molar-refractivity contribution is -0.384. The van der Waals surface area contributed by atoms with Crippen molar-refractivity contribution >= 4 is 51.7 Å². The number of carbonyl (C=O) groups is 1. The smallest absolute Gasteiger partial charge is 0.270 e. The van der Waals surface area contributed by atoms with E-state index < -0.39 is 4.92 Å². The summed E-state index contributed by atoms with van der Waals surface area (Å²) in [5, 5.41) is 10.8. The minimum atomic E-state index is -0.485. The van der Waals surface area contributed by atoms with Gasteiger partial charge in [-0.3, -0.25) is 19.8 Å². The van der Waals surface area contributed by atoms with Crippen molar-refractivity contribution in [3.05, 3.63) is 105 Å². The lowest BCUT2D eigenvalue weighted by atomic mass is 10.2. The number of amides is 1. The highest BCUT2D eigenvalue weighted by Gasteiger charge is 2.33. The van der Waals surface area contributed by atoms with Gasteiger partial charge in [0.25, 0.3) is 11.6 Å². The summed E-state index contributed by atoms with van der Waals surface area (Å²) in [5.74, 6) is 0.433. The second-order valence-electron chi connectivity index (χ2n) is 6.64. The summed E-state index contributed by atoms with van der Waals surface area (Å²) >= 11 is 6.56. The van der Waals surface area contributed by atoms with Crippen LogP contribution in [0, 0.1) is 10.1 Å². The largest absolute Gasteiger partial charge is 0.489 e. The summed E-state index contributed by atoms with van der Waals surface area (Å²) < 4.78 is 6.23. The maximum absolute atomic E-state index is 12.9. The topological polar surface area (TPSA) is 72.7 Å². The summed E-state index contributed by atoms with van der Waals surface area (Å²) in [5.41, 5.74) is 2.33. The maximum atomic E-state index is 12.9. The van der Waals surface area contributed by atoms with Crippen LogP contribution in [0.1, 0.15) is 11.1 Å². The Morgan fingerprint density at radius 3 is 2.48 bits per heavy atom. The molecule has 0 aliphatic carbocycles. The van der Waals surface area contributed by atoms with Crippen LogP contribution in [0.2, 0.25) is 0 Å². The van der Waals surface area contributed by atoms with Gasteiger partial charge in [0.1, 0.15) is 12.4 Å². The van der Waals surface area contributed by atoms with E-state index >= 15 is 0 Å². The molecule has 0 N–H and O–H groups in total. The highest BCUT2D eigenvalue weighted by atomic mass is 32.2. The molecule has 3 aromatic rings. The van der Waals surface area contributed by atoms with Gasteiger partial charge in [-0.05, 0) is 41.5 Å². The van der Waals surface area contributed by atoms with Crippen LogP contribution in [0.15, 0.2) is 83.8 Å². The van der Waals surface area contributed by atoms with E-state index in [0.717, 1.165) is 11.1 Å². The Labute approximate surface area is 188 Å². The number of thioether (sulfide) groups is 1. The van der Waals surface area contributed by atoms with E-state index in [1.165, 1.54) is 40.9 Å². The minimum Gasteiger partial charge on any atom is -0.489 e. The second kappa shape index (κ2) is 9.11. The van der Waals surface area contributed by atoms with Gasteiger partial charge in [-0.25, -0.2) is 0 Å². The number of ether oxygens (including phenoxy) is 1.